The summed E-state index contributed by atoms with van der Waals surface area (Å²) in [5.74, 6) is -1.68. The lowest BCUT2D eigenvalue weighted by molar-refractivity contribution is -0.179. The standard InChI is InChI=1S/C13H15F4N/c1-8-2-4-11(14)10(6-8)12-5-3-9(7-18-12)13(15,16)17/h2,4,6,9,12,18H,3,5,7H2,1H3. The maximum atomic E-state index is 13.6. The van der Waals surface area contributed by atoms with Gasteiger partial charge in [0.2, 0.25) is 0 Å². The SMILES string of the molecule is Cc1ccc(F)c(C2CCC(C(F)(F)F)CN2)c1. The van der Waals surface area contributed by atoms with Gasteiger partial charge < -0.3 is 5.32 Å². The summed E-state index contributed by atoms with van der Waals surface area (Å²) in [4.78, 5) is 0. The molecule has 0 spiro atoms. The van der Waals surface area contributed by atoms with Crippen molar-refractivity contribution in [3.8, 4) is 0 Å². The third-order valence-electron chi connectivity index (χ3n) is 3.40. The smallest absolute Gasteiger partial charge is 0.309 e. The molecule has 1 aliphatic rings. The van der Waals surface area contributed by atoms with Gasteiger partial charge in [0.15, 0.2) is 0 Å². The molecule has 5 heteroatoms. The van der Waals surface area contributed by atoms with Crippen molar-refractivity contribution in [2.45, 2.75) is 32.0 Å². The number of benzene rings is 1. The predicted octanol–water partition coefficient (Wildman–Crippen LogP) is 3.74. The Morgan fingerprint density at radius 1 is 1.22 bits per heavy atom. The molecule has 1 saturated heterocycles. The van der Waals surface area contributed by atoms with Crippen molar-refractivity contribution in [2.24, 2.45) is 5.92 Å². The highest BCUT2D eigenvalue weighted by molar-refractivity contribution is 5.27. The van der Waals surface area contributed by atoms with Crippen LogP contribution in [0.25, 0.3) is 0 Å². The van der Waals surface area contributed by atoms with Gasteiger partial charge in [0, 0.05) is 18.2 Å². The molecule has 100 valence electrons. The fourth-order valence-electron chi connectivity index (χ4n) is 2.33. The van der Waals surface area contributed by atoms with Crippen LogP contribution in [0.4, 0.5) is 17.6 Å². The lowest BCUT2D eigenvalue weighted by atomic mass is 9.90. The van der Waals surface area contributed by atoms with Crippen LogP contribution in [-0.4, -0.2) is 12.7 Å². The van der Waals surface area contributed by atoms with E-state index >= 15 is 0 Å². The van der Waals surface area contributed by atoms with Gasteiger partial charge >= 0.3 is 6.18 Å². The van der Waals surface area contributed by atoms with Crippen LogP contribution >= 0.6 is 0 Å². The van der Waals surface area contributed by atoms with Crippen molar-refractivity contribution < 1.29 is 17.6 Å². The van der Waals surface area contributed by atoms with Crippen molar-refractivity contribution in [1.82, 2.24) is 5.32 Å². The first-order chi connectivity index (χ1) is 8.38. The van der Waals surface area contributed by atoms with Gasteiger partial charge in [-0.15, -0.1) is 0 Å². The quantitative estimate of drug-likeness (QED) is 0.759. The molecule has 18 heavy (non-hydrogen) atoms. The lowest BCUT2D eigenvalue weighted by Crippen LogP contribution is -2.40. The van der Waals surface area contributed by atoms with Gasteiger partial charge in [0.05, 0.1) is 5.92 Å². The van der Waals surface area contributed by atoms with E-state index in [0.29, 0.717) is 12.0 Å². The first-order valence-corrected chi connectivity index (χ1v) is 5.94. The van der Waals surface area contributed by atoms with Crippen molar-refractivity contribution in [3.05, 3.63) is 35.1 Å². The second kappa shape index (κ2) is 4.88. The van der Waals surface area contributed by atoms with Crippen LogP contribution in [0, 0.1) is 18.7 Å². The predicted molar refractivity (Wildman–Crippen MR) is 60.7 cm³/mol. The molecular weight excluding hydrogens is 246 g/mol. The van der Waals surface area contributed by atoms with Gasteiger partial charge in [0.1, 0.15) is 5.82 Å². The average Bonchev–Trinajstić information content (AvgIpc) is 2.31. The molecule has 0 aliphatic carbocycles. The molecule has 2 rings (SSSR count). The number of nitrogens with one attached hydrogen (secondary N) is 1. The minimum absolute atomic E-state index is 0.0501. The largest absolute Gasteiger partial charge is 0.393 e. The zero-order valence-corrected chi connectivity index (χ0v) is 10.0. The zero-order valence-electron chi connectivity index (χ0n) is 10.0. The van der Waals surface area contributed by atoms with E-state index in [2.05, 4.69) is 5.32 Å². The fraction of sp³-hybridized carbons (Fsp3) is 0.538. The minimum Gasteiger partial charge on any atom is -0.309 e. The molecular formula is C13H15F4N. The number of alkyl halides is 3. The molecule has 2 unspecified atom stereocenters. The Labute approximate surface area is 103 Å². The highest BCUT2D eigenvalue weighted by atomic mass is 19.4. The second-order valence-electron chi connectivity index (χ2n) is 4.80. The lowest BCUT2D eigenvalue weighted by Gasteiger charge is -2.31. The fourth-order valence-corrected chi connectivity index (χ4v) is 2.33. The Kier molecular flexibility index (Phi) is 3.61. The Bertz CT molecular complexity index is 419. The number of hydrogen-bond donors (Lipinski definition) is 1. The monoisotopic (exact) mass is 261 g/mol. The summed E-state index contributed by atoms with van der Waals surface area (Å²) in [5, 5.41) is 2.80. The Morgan fingerprint density at radius 2 is 1.94 bits per heavy atom. The van der Waals surface area contributed by atoms with Crippen LogP contribution in [0.5, 0.6) is 0 Å². The molecule has 2 atom stereocenters. The molecule has 0 radical (unpaired) electrons. The summed E-state index contributed by atoms with van der Waals surface area (Å²) in [6.45, 7) is 1.70. The van der Waals surface area contributed by atoms with E-state index < -0.39 is 12.1 Å². The van der Waals surface area contributed by atoms with Crippen LogP contribution in [-0.2, 0) is 0 Å². The number of piperidine rings is 1. The van der Waals surface area contributed by atoms with Crippen LogP contribution in [0.1, 0.15) is 30.0 Å². The molecule has 0 amide bonds. The van der Waals surface area contributed by atoms with E-state index in [-0.39, 0.29) is 24.8 Å². The summed E-state index contributed by atoms with van der Waals surface area (Å²) >= 11 is 0. The molecule has 0 aromatic heterocycles. The van der Waals surface area contributed by atoms with E-state index in [0.717, 1.165) is 5.56 Å². The Balaban J connectivity index is 2.08. The third-order valence-corrected chi connectivity index (χ3v) is 3.40. The third kappa shape index (κ3) is 2.83. The van der Waals surface area contributed by atoms with Crippen LogP contribution in [0.15, 0.2) is 18.2 Å². The van der Waals surface area contributed by atoms with Crippen LogP contribution < -0.4 is 5.32 Å². The highest BCUT2D eigenvalue weighted by Gasteiger charge is 2.41. The van der Waals surface area contributed by atoms with Gasteiger partial charge in [0.25, 0.3) is 0 Å². The normalized spacial score (nSPS) is 25.2. The zero-order chi connectivity index (χ0) is 13.3. The van der Waals surface area contributed by atoms with E-state index in [1.165, 1.54) is 6.07 Å². The van der Waals surface area contributed by atoms with Crippen molar-refractivity contribution >= 4 is 0 Å². The molecule has 1 heterocycles. The summed E-state index contributed by atoms with van der Waals surface area (Å²) in [6.07, 6.45) is -3.80. The molecule has 1 fully saturated rings. The highest BCUT2D eigenvalue weighted by Crippen LogP contribution is 2.36. The first kappa shape index (κ1) is 13.3. The molecule has 0 saturated carbocycles. The summed E-state index contributed by atoms with van der Waals surface area (Å²) in [7, 11) is 0. The summed E-state index contributed by atoms with van der Waals surface area (Å²) in [6, 6.07) is 4.40. The molecule has 0 bridgehead atoms. The molecule has 1 aliphatic heterocycles. The second-order valence-corrected chi connectivity index (χ2v) is 4.80. The molecule has 1 aromatic rings. The number of aryl methyl sites for hydroxylation is 1. The van der Waals surface area contributed by atoms with Crippen molar-refractivity contribution in [2.75, 3.05) is 6.54 Å². The van der Waals surface area contributed by atoms with Gasteiger partial charge in [-0.25, -0.2) is 4.39 Å². The minimum atomic E-state index is -4.16. The van der Waals surface area contributed by atoms with Crippen molar-refractivity contribution in [3.63, 3.8) is 0 Å². The van der Waals surface area contributed by atoms with Crippen molar-refractivity contribution in [1.29, 1.82) is 0 Å². The van der Waals surface area contributed by atoms with Gasteiger partial charge in [-0.05, 0) is 25.8 Å². The van der Waals surface area contributed by atoms with Gasteiger partial charge in [-0.1, -0.05) is 17.7 Å². The topological polar surface area (TPSA) is 12.0 Å². The van der Waals surface area contributed by atoms with E-state index in [4.69, 9.17) is 0 Å². The number of hydrogen-bond acceptors (Lipinski definition) is 1. The van der Waals surface area contributed by atoms with E-state index in [1.54, 1.807) is 12.1 Å². The molecule has 1 aromatic carbocycles. The average molecular weight is 261 g/mol. The van der Waals surface area contributed by atoms with E-state index in [9.17, 15) is 17.6 Å². The Morgan fingerprint density at radius 3 is 2.50 bits per heavy atom. The molecule has 1 nitrogen and oxygen atoms in total. The van der Waals surface area contributed by atoms with Gasteiger partial charge in [-0.2, -0.15) is 13.2 Å². The maximum absolute atomic E-state index is 13.6. The first-order valence-electron chi connectivity index (χ1n) is 5.94. The maximum Gasteiger partial charge on any atom is 0.393 e. The van der Waals surface area contributed by atoms with Crippen LogP contribution in [0.3, 0.4) is 0 Å². The number of halogens is 4. The number of rotatable bonds is 1. The van der Waals surface area contributed by atoms with Gasteiger partial charge in [-0.3, -0.25) is 0 Å². The van der Waals surface area contributed by atoms with Crippen LogP contribution in [0.2, 0.25) is 0 Å². The summed E-state index contributed by atoms with van der Waals surface area (Å²) in [5.41, 5.74) is 1.38. The van der Waals surface area contributed by atoms with E-state index in [1.807, 2.05) is 6.92 Å². The Hall–Kier alpha value is -1.10. The summed E-state index contributed by atoms with van der Waals surface area (Å²) < 4.78 is 51.1. The molecule has 1 N–H and O–H groups in total.